The molecule has 0 aromatic carbocycles. The van der Waals surface area contributed by atoms with E-state index in [9.17, 15) is 0 Å². The number of aromatic nitrogens is 1. The molecule has 0 saturated carbocycles. The Morgan fingerprint density at radius 3 is 3.18 bits per heavy atom. The van der Waals surface area contributed by atoms with E-state index in [-0.39, 0.29) is 0 Å². The summed E-state index contributed by atoms with van der Waals surface area (Å²) in [6, 6.07) is 0. The van der Waals surface area contributed by atoms with Gasteiger partial charge in [-0.25, -0.2) is 4.98 Å². The molecule has 11 heavy (non-hydrogen) atoms. The molecular weight excluding hydrogens is 178 g/mol. The molecule has 1 rings (SSSR count). The van der Waals surface area contributed by atoms with Gasteiger partial charge in [0.1, 0.15) is 6.26 Å². The van der Waals surface area contributed by atoms with Crippen molar-refractivity contribution in [1.29, 1.82) is 0 Å². The van der Waals surface area contributed by atoms with Crippen LogP contribution in [0.5, 0.6) is 0 Å². The van der Waals surface area contributed by atoms with E-state index in [4.69, 9.17) is 4.42 Å². The fourth-order valence-electron chi connectivity index (χ4n) is 0.491. The molecule has 60 valence electrons. The Balaban J connectivity index is 2.29. The lowest BCUT2D eigenvalue weighted by Crippen LogP contribution is -1.85. The van der Waals surface area contributed by atoms with E-state index in [0.29, 0.717) is 11.0 Å². The lowest BCUT2D eigenvalue weighted by atomic mass is 10.4. The number of hydrogen-bond acceptors (Lipinski definition) is 4. The van der Waals surface area contributed by atoms with E-state index < -0.39 is 0 Å². The minimum absolute atomic E-state index is 0.688. The van der Waals surface area contributed by atoms with Gasteiger partial charge in [0, 0.05) is 11.5 Å². The van der Waals surface area contributed by atoms with Crippen LogP contribution in [-0.2, 0) is 0 Å². The van der Waals surface area contributed by atoms with Crippen molar-refractivity contribution in [2.45, 2.75) is 5.22 Å². The molecule has 0 radical (unpaired) electrons. The van der Waals surface area contributed by atoms with Crippen LogP contribution in [0.3, 0.4) is 0 Å². The van der Waals surface area contributed by atoms with Gasteiger partial charge in [-0.05, 0) is 0 Å². The molecule has 0 saturated heterocycles. The number of rotatable bonds is 4. The second-order valence-corrected chi connectivity index (χ2v) is 3.24. The van der Waals surface area contributed by atoms with Crippen molar-refractivity contribution in [1.82, 2.24) is 4.98 Å². The first-order valence-corrected chi connectivity index (χ1v) is 4.74. The van der Waals surface area contributed by atoms with E-state index >= 15 is 0 Å². The number of thiol groups is 1. The molecule has 1 aromatic rings. The molecule has 0 bridgehead atoms. The minimum atomic E-state index is 0.688. The minimum Gasteiger partial charge on any atom is -0.440 e. The van der Waals surface area contributed by atoms with Crippen LogP contribution < -0.4 is 0 Å². The number of nitrogens with zero attached hydrogens (tertiary/aromatic N) is 1. The fourth-order valence-corrected chi connectivity index (χ4v) is 1.44. The number of hydrogen-bond donors (Lipinski definition) is 1. The third kappa shape index (κ3) is 3.03. The van der Waals surface area contributed by atoms with Gasteiger partial charge in [-0.1, -0.05) is 23.9 Å². The topological polar surface area (TPSA) is 26.0 Å². The average molecular weight is 187 g/mol. The molecule has 0 spiro atoms. The lowest BCUT2D eigenvalue weighted by molar-refractivity contribution is 0.454. The molecule has 2 nitrogen and oxygen atoms in total. The van der Waals surface area contributed by atoms with Crippen molar-refractivity contribution < 1.29 is 4.42 Å². The second kappa shape index (κ2) is 4.51. The average Bonchev–Trinajstić information content (AvgIpc) is 2.52. The highest BCUT2D eigenvalue weighted by Crippen LogP contribution is 2.17. The van der Waals surface area contributed by atoms with E-state index in [0.717, 1.165) is 11.3 Å². The maximum atomic E-state index is 5.01. The summed E-state index contributed by atoms with van der Waals surface area (Å²) in [6.07, 6.45) is 3.19. The summed E-state index contributed by atoms with van der Waals surface area (Å²) < 4.78 is 5.01. The maximum absolute atomic E-state index is 5.01. The molecular formula is C7H9NOS2. The predicted molar refractivity (Wildman–Crippen MR) is 50.2 cm³/mol. The van der Waals surface area contributed by atoms with Crippen molar-refractivity contribution in [2.24, 2.45) is 0 Å². The van der Waals surface area contributed by atoms with Gasteiger partial charge in [0.25, 0.3) is 5.22 Å². The fraction of sp³-hybridized carbons (Fsp3) is 0.286. The van der Waals surface area contributed by atoms with Crippen LogP contribution in [0, 0.1) is 0 Å². The molecule has 4 heteroatoms. The molecule has 0 unspecified atom stereocenters. The van der Waals surface area contributed by atoms with E-state index in [1.807, 2.05) is 0 Å². The molecule has 0 aliphatic heterocycles. The highest BCUT2D eigenvalue weighted by atomic mass is 32.2. The summed E-state index contributed by atoms with van der Waals surface area (Å²) in [5, 5.41) is 0.688. The molecule has 0 atom stereocenters. The molecule has 0 N–H and O–H groups in total. The van der Waals surface area contributed by atoms with Crippen molar-refractivity contribution >= 4 is 24.4 Å². The lowest BCUT2D eigenvalue weighted by Gasteiger charge is -1.96. The van der Waals surface area contributed by atoms with Crippen LogP contribution in [0.2, 0.25) is 0 Å². The van der Waals surface area contributed by atoms with Gasteiger partial charge < -0.3 is 4.42 Å². The van der Waals surface area contributed by atoms with Gasteiger partial charge in [-0.15, -0.1) is 0 Å². The normalized spacial score (nSPS) is 9.91. The second-order valence-electron chi connectivity index (χ2n) is 1.99. The van der Waals surface area contributed by atoms with Crippen molar-refractivity contribution in [3.05, 3.63) is 24.6 Å². The van der Waals surface area contributed by atoms with Crippen LogP contribution in [0.1, 0.15) is 0 Å². The first kappa shape index (κ1) is 8.74. The van der Waals surface area contributed by atoms with Gasteiger partial charge in [0.2, 0.25) is 0 Å². The number of oxazole rings is 1. The third-order valence-electron chi connectivity index (χ3n) is 1.03. The van der Waals surface area contributed by atoms with E-state index in [1.54, 1.807) is 12.5 Å². The maximum Gasteiger partial charge on any atom is 0.255 e. The van der Waals surface area contributed by atoms with E-state index in [2.05, 4.69) is 24.2 Å². The van der Waals surface area contributed by atoms with Crippen LogP contribution in [0.25, 0.3) is 0 Å². The molecule has 1 aromatic heterocycles. The molecule has 0 amide bonds. The monoisotopic (exact) mass is 187 g/mol. The quantitative estimate of drug-likeness (QED) is 0.445. The summed E-state index contributed by atoms with van der Waals surface area (Å²) in [7, 11) is 0. The zero-order valence-corrected chi connectivity index (χ0v) is 7.70. The zero-order chi connectivity index (χ0) is 8.10. The Labute approximate surface area is 75.5 Å². The van der Waals surface area contributed by atoms with Gasteiger partial charge >= 0.3 is 0 Å². The van der Waals surface area contributed by atoms with Gasteiger partial charge in [-0.3, -0.25) is 0 Å². The smallest absolute Gasteiger partial charge is 0.255 e. The first-order chi connectivity index (χ1) is 5.33. The SMILES string of the molecule is C=C(CS)CSc1ncco1. The Morgan fingerprint density at radius 1 is 1.82 bits per heavy atom. The Hall–Kier alpha value is -0.350. The van der Waals surface area contributed by atoms with Crippen molar-refractivity contribution in [3.8, 4) is 0 Å². The van der Waals surface area contributed by atoms with Gasteiger partial charge in [-0.2, -0.15) is 12.6 Å². The summed E-state index contributed by atoms with van der Waals surface area (Å²) in [5.41, 5.74) is 1.08. The van der Waals surface area contributed by atoms with Crippen LogP contribution in [-0.4, -0.2) is 16.5 Å². The van der Waals surface area contributed by atoms with Crippen LogP contribution in [0.15, 0.2) is 34.3 Å². The first-order valence-electron chi connectivity index (χ1n) is 3.12. The van der Waals surface area contributed by atoms with Crippen LogP contribution >= 0.6 is 24.4 Å². The van der Waals surface area contributed by atoms with Crippen molar-refractivity contribution in [2.75, 3.05) is 11.5 Å². The van der Waals surface area contributed by atoms with Gasteiger partial charge in [0.05, 0.1) is 6.20 Å². The molecule has 1 heterocycles. The molecule has 0 aliphatic carbocycles. The summed E-state index contributed by atoms with van der Waals surface area (Å²) in [6.45, 7) is 3.81. The van der Waals surface area contributed by atoms with E-state index in [1.165, 1.54) is 11.8 Å². The zero-order valence-electron chi connectivity index (χ0n) is 5.99. The standard InChI is InChI=1S/C7H9NOS2/c1-6(4-10)5-11-7-8-2-3-9-7/h2-3,10H,1,4-5H2. The highest BCUT2D eigenvalue weighted by molar-refractivity contribution is 7.99. The summed E-state index contributed by atoms with van der Waals surface area (Å²) >= 11 is 5.62. The van der Waals surface area contributed by atoms with Crippen molar-refractivity contribution in [3.63, 3.8) is 0 Å². The largest absolute Gasteiger partial charge is 0.440 e. The Kier molecular flexibility index (Phi) is 3.59. The predicted octanol–water partition coefficient (Wildman–Crippen LogP) is 2.25. The summed E-state index contributed by atoms with van der Waals surface area (Å²) in [4.78, 5) is 3.95. The highest BCUT2D eigenvalue weighted by Gasteiger charge is 1.98. The molecule has 0 fully saturated rings. The Morgan fingerprint density at radius 2 is 2.64 bits per heavy atom. The van der Waals surface area contributed by atoms with Crippen LogP contribution in [0.4, 0.5) is 0 Å². The summed E-state index contributed by atoms with van der Waals surface area (Å²) in [5.74, 6) is 1.54. The third-order valence-corrected chi connectivity index (χ3v) is 2.48. The molecule has 0 aliphatic rings. The number of thioether (sulfide) groups is 1. The Bertz CT molecular complexity index is 220. The van der Waals surface area contributed by atoms with Gasteiger partial charge in [0.15, 0.2) is 0 Å².